The van der Waals surface area contributed by atoms with E-state index in [-0.39, 0.29) is 23.5 Å². The van der Waals surface area contributed by atoms with Gasteiger partial charge in [0.05, 0.1) is 25.0 Å². The average Bonchev–Trinajstić information content (AvgIpc) is 2.70. The molecule has 0 saturated heterocycles. The minimum absolute atomic E-state index is 0.00328. The summed E-state index contributed by atoms with van der Waals surface area (Å²) in [4.78, 5) is 23.8. The van der Waals surface area contributed by atoms with Gasteiger partial charge in [0.2, 0.25) is 0 Å². The number of rotatable bonds is 7. The second kappa shape index (κ2) is 9.64. The lowest BCUT2D eigenvalue weighted by Crippen LogP contribution is -2.12. The third-order valence-electron chi connectivity index (χ3n) is 4.26. The summed E-state index contributed by atoms with van der Waals surface area (Å²) in [7, 11) is 1.44. The Morgan fingerprint density at radius 3 is 2.52 bits per heavy atom. The van der Waals surface area contributed by atoms with Gasteiger partial charge in [0.15, 0.2) is 5.78 Å². The summed E-state index contributed by atoms with van der Waals surface area (Å²) >= 11 is 0. The lowest BCUT2D eigenvalue weighted by atomic mass is 9.97. The lowest BCUT2D eigenvalue weighted by Gasteiger charge is -2.15. The summed E-state index contributed by atoms with van der Waals surface area (Å²) in [6.07, 6.45) is 3.25. The first-order valence-electron chi connectivity index (χ1n) is 8.95. The first-order valence-corrected chi connectivity index (χ1v) is 8.95. The molecule has 0 fully saturated rings. The van der Waals surface area contributed by atoms with Crippen LogP contribution < -0.4 is 10.6 Å². The minimum atomic E-state index is -0.581. The van der Waals surface area contributed by atoms with Crippen LogP contribution >= 0.6 is 0 Å². The average molecular weight is 398 g/mol. The Morgan fingerprint density at radius 1 is 1.21 bits per heavy atom. The third kappa shape index (κ3) is 4.87. The van der Waals surface area contributed by atoms with Gasteiger partial charge in [-0.15, -0.1) is 0 Å². The highest BCUT2D eigenvalue weighted by molar-refractivity contribution is 6.15. The molecule has 0 radical (unpaired) electrons. The van der Waals surface area contributed by atoms with Crippen molar-refractivity contribution in [3.05, 3.63) is 70.0 Å². The maximum Gasteiger partial charge on any atom is 0.341 e. The van der Waals surface area contributed by atoms with Crippen LogP contribution in [0.25, 0.3) is 6.08 Å². The van der Waals surface area contributed by atoms with Gasteiger partial charge in [0.25, 0.3) is 0 Å². The molecule has 2 rings (SSSR count). The number of benzene rings is 2. The fourth-order valence-electron chi connectivity index (χ4n) is 2.86. The number of nitrogens with two attached hydrogens (primary N) is 1. The Labute approximate surface area is 168 Å². The number of ketones is 1. The van der Waals surface area contributed by atoms with Crippen LogP contribution in [0.15, 0.2) is 41.5 Å². The molecule has 2 aromatic carbocycles. The predicted octanol–water partition coefficient (Wildman–Crippen LogP) is 3.90. The van der Waals surface area contributed by atoms with Crippen LogP contribution in [0.2, 0.25) is 0 Å². The van der Waals surface area contributed by atoms with Crippen LogP contribution in [0.4, 0.5) is 4.39 Å². The summed E-state index contributed by atoms with van der Waals surface area (Å²) in [6, 6.07) is 7.57. The van der Waals surface area contributed by atoms with Crippen molar-refractivity contribution in [3.63, 3.8) is 0 Å². The second-order valence-electron chi connectivity index (χ2n) is 6.20. The quantitative estimate of drug-likeness (QED) is 0.251. The van der Waals surface area contributed by atoms with E-state index in [1.165, 1.54) is 32.2 Å². The van der Waals surface area contributed by atoms with Crippen molar-refractivity contribution < 1.29 is 23.5 Å². The van der Waals surface area contributed by atoms with Crippen LogP contribution in [-0.2, 0) is 4.74 Å². The molecule has 0 aliphatic rings. The van der Waals surface area contributed by atoms with Crippen molar-refractivity contribution in [3.8, 4) is 5.75 Å². The molecule has 6 nitrogen and oxygen atoms in total. The summed E-state index contributed by atoms with van der Waals surface area (Å²) in [6.45, 7) is 5.07. The Balaban J connectivity index is 2.51. The minimum Gasteiger partial charge on any atom is -0.495 e. The maximum absolute atomic E-state index is 13.7. The second-order valence-corrected chi connectivity index (χ2v) is 6.20. The number of aryl methyl sites for hydroxylation is 1. The van der Waals surface area contributed by atoms with E-state index in [1.54, 1.807) is 31.2 Å². The van der Waals surface area contributed by atoms with Crippen molar-refractivity contribution in [1.29, 1.82) is 0 Å². The first kappa shape index (κ1) is 21.8. The number of ether oxygens (including phenoxy) is 2. The largest absolute Gasteiger partial charge is 0.495 e. The number of hydrogen-bond acceptors (Lipinski definition) is 6. The van der Waals surface area contributed by atoms with E-state index in [4.69, 9.17) is 15.3 Å². The smallest absolute Gasteiger partial charge is 0.341 e. The van der Waals surface area contributed by atoms with Gasteiger partial charge < -0.3 is 15.3 Å². The van der Waals surface area contributed by atoms with Crippen LogP contribution in [0.1, 0.15) is 51.3 Å². The molecule has 0 unspecified atom stereocenters. The molecule has 0 heterocycles. The molecule has 7 heteroatoms. The molecule has 0 aliphatic carbocycles. The monoisotopic (exact) mass is 398 g/mol. The van der Waals surface area contributed by atoms with Crippen LogP contribution in [0.3, 0.4) is 0 Å². The van der Waals surface area contributed by atoms with Crippen molar-refractivity contribution in [1.82, 2.24) is 0 Å². The predicted molar refractivity (Wildman–Crippen MR) is 110 cm³/mol. The summed E-state index contributed by atoms with van der Waals surface area (Å²) in [5.74, 6) is 4.42. The molecule has 2 N–H and O–H groups in total. The molecule has 29 heavy (non-hydrogen) atoms. The van der Waals surface area contributed by atoms with Gasteiger partial charge in [0, 0.05) is 5.56 Å². The highest BCUT2D eigenvalue weighted by atomic mass is 19.1. The third-order valence-corrected chi connectivity index (χ3v) is 4.26. The van der Waals surface area contributed by atoms with Crippen molar-refractivity contribution >= 4 is 23.5 Å². The number of halogens is 1. The number of carbonyl (C=O) groups is 2. The number of allylic oxidation sites excluding steroid dienone is 1. The van der Waals surface area contributed by atoms with Gasteiger partial charge in [-0.25, -0.2) is 9.18 Å². The Morgan fingerprint density at radius 2 is 1.93 bits per heavy atom. The van der Waals surface area contributed by atoms with E-state index >= 15 is 0 Å². The van der Waals surface area contributed by atoms with Gasteiger partial charge in [-0.05, 0) is 56.2 Å². The van der Waals surface area contributed by atoms with E-state index in [0.717, 1.165) is 5.56 Å². The number of Topliss-reactive ketones (excluding diaryl/α,β-unsaturated/α-hetero) is 1. The van der Waals surface area contributed by atoms with Gasteiger partial charge in [-0.2, -0.15) is 5.10 Å². The lowest BCUT2D eigenvalue weighted by molar-refractivity contribution is 0.0522. The SMILES string of the molecule is CCOC(=O)c1ccc(C)c(C(/C=C/c2ccc(F)c(C(C)=O)c2)=N\N)c1OC. The number of nitrogens with zero attached hydrogens (tertiary/aromatic N) is 1. The van der Waals surface area contributed by atoms with Crippen LogP contribution in [0.5, 0.6) is 5.75 Å². The van der Waals surface area contributed by atoms with E-state index in [9.17, 15) is 14.0 Å². The highest BCUT2D eigenvalue weighted by Crippen LogP contribution is 2.29. The maximum atomic E-state index is 13.7. The normalized spacial score (nSPS) is 11.6. The highest BCUT2D eigenvalue weighted by Gasteiger charge is 2.21. The molecule has 0 spiro atoms. The fourth-order valence-corrected chi connectivity index (χ4v) is 2.86. The molecule has 0 amide bonds. The van der Waals surface area contributed by atoms with E-state index < -0.39 is 11.8 Å². The molecule has 0 saturated carbocycles. The van der Waals surface area contributed by atoms with Crippen molar-refractivity contribution in [2.45, 2.75) is 20.8 Å². The molecule has 0 aliphatic heterocycles. The van der Waals surface area contributed by atoms with Gasteiger partial charge in [-0.3, -0.25) is 4.79 Å². The Kier molecular flexibility index (Phi) is 7.25. The number of hydrogen-bond donors (Lipinski definition) is 1. The molecular weight excluding hydrogens is 375 g/mol. The van der Waals surface area contributed by atoms with Crippen molar-refractivity contribution in [2.75, 3.05) is 13.7 Å². The standard InChI is InChI=1S/C22H23FN2O4/c1-5-29-22(27)16-9-6-13(2)20(21(16)28-4)19(25-24)11-8-15-7-10-18(23)17(12-15)14(3)26/h6-12H,5,24H2,1-4H3/b11-8+,25-19-. The van der Waals surface area contributed by atoms with E-state index in [1.807, 2.05) is 6.92 Å². The van der Waals surface area contributed by atoms with Crippen LogP contribution in [-0.4, -0.2) is 31.2 Å². The fraction of sp³-hybridized carbons (Fsp3) is 0.227. The van der Waals surface area contributed by atoms with Crippen LogP contribution in [0, 0.1) is 12.7 Å². The molecule has 0 atom stereocenters. The van der Waals surface area contributed by atoms with Gasteiger partial charge >= 0.3 is 5.97 Å². The summed E-state index contributed by atoms with van der Waals surface area (Å²) in [5, 5.41) is 3.82. The topological polar surface area (TPSA) is 91.0 Å². The molecule has 2 aromatic rings. The summed E-state index contributed by atoms with van der Waals surface area (Å²) < 4.78 is 24.3. The van der Waals surface area contributed by atoms with E-state index in [2.05, 4.69) is 5.10 Å². The molecular formula is C22H23FN2O4. The zero-order valence-electron chi connectivity index (χ0n) is 16.8. The molecule has 152 valence electrons. The first-order chi connectivity index (χ1) is 13.8. The number of carbonyl (C=O) groups excluding carboxylic acids is 2. The van der Waals surface area contributed by atoms with E-state index in [0.29, 0.717) is 22.6 Å². The van der Waals surface area contributed by atoms with Gasteiger partial charge in [-0.1, -0.05) is 18.2 Å². The summed E-state index contributed by atoms with van der Waals surface area (Å²) in [5.41, 5.74) is 2.51. The Bertz CT molecular complexity index is 997. The number of esters is 1. The zero-order chi connectivity index (χ0) is 21.6. The number of methoxy groups -OCH3 is 1. The number of hydrazone groups is 1. The molecule has 0 bridgehead atoms. The molecule has 0 aromatic heterocycles. The van der Waals surface area contributed by atoms with Gasteiger partial charge in [0.1, 0.15) is 17.1 Å². The Hall–Kier alpha value is -3.48. The van der Waals surface area contributed by atoms with Crippen molar-refractivity contribution in [2.24, 2.45) is 10.9 Å². The zero-order valence-corrected chi connectivity index (χ0v) is 16.8.